The summed E-state index contributed by atoms with van der Waals surface area (Å²) in [6.45, 7) is 22.8. The lowest BCUT2D eigenvalue weighted by Gasteiger charge is -2.29. The first-order chi connectivity index (χ1) is 49.5. The van der Waals surface area contributed by atoms with E-state index in [1.54, 1.807) is 48.5 Å². The van der Waals surface area contributed by atoms with Crippen molar-refractivity contribution in [1.29, 1.82) is 0 Å². The Hall–Kier alpha value is -7.90. The number of isocyanates is 1. The first kappa shape index (κ1) is 87.7. The summed E-state index contributed by atoms with van der Waals surface area (Å²) in [6.07, 6.45) is 16.6. The highest BCUT2D eigenvalue weighted by molar-refractivity contribution is 9.10. The smallest absolute Gasteiger partial charge is 0.319 e. The molecule has 0 radical (unpaired) electrons. The molecule has 4 heterocycles. The van der Waals surface area contributed by atoms with Crippen LogP contribution in [0.5, 0.6) is 0 Å². The number of carbonyl (C=O) groups is 5. The molecule has 23 nitrogen and oxygen atoms in total. The number of nitrogens with one attached hydrogen (secondary N) is 7. The van der Waals surface area contributed by atoms with Gasteiger partial charge >= 0.3 is 6.03 Å². The fraction of sp³-hybridized carbons (Fsp3) is 0.481. The molecule has 4 aliphatic rings. The second-order valence-electron chi connectivity index (χ2n) is 26.1. The maximum absolute atomic E-state index is 12.6. The first-order valence-corrected chi connectivity index (χ1v) is 38.2. The standard InChI is InChI=1S/C30H35BrN8O2.C25H32BrN7O.C9H7NO2.C6H15N.C4H5ClO.CH2Cl2.2CH4/c1-18(2)39-17-33-26-27(32-16-20-7-9-22(31)10-8-20)37-29(38-28(26)39)34-23-11-13-24(14-12-23)35-30(41)36-25-6-4-5-21(15-25)19(3)40;1-15(2)33-14-28-21-22(27-13-16-3-7-18(26)8-4-16)31-25(32-23(21)33)30-20-11-9-19(10-12-20)29-24(34)17-5-6-17;1-7(12)8-3-2-4-9(5-8)10-6-11;1-4-7(5-2)6-3;5-4(6)3-1-2-3;2-1-3;;/h4-10,15,17-18,23-24H,11-14,16H2,1-3H3,(H2,35,36,41)(H2,32,34,37,38);3-4,7-8,14-15,17,19-20H,5-6,9-13H2,1-2H3,(H,29,34)(H2,27,30,31,32);2-5H,1H3;4-6H2,1-3H3;3H,1-2H2;1H2;2*1H4. The van der Waals surface area contributed by atoms with Crippen molar-refractivity contribution in [3.05, 3.63) is 141 Å². The molecular formula is C77H104Br2Cl3N17O6. The van der Waals surface area contributed by atoms with E-state index in [-0.39, 0.29) is 84.9 Å². The summed E-state index contributed by atoms with van der Waals surface area (Å²) >= 11 is 21.5. The highest BCUT2D eigenvalue weighted by Gasteiger charge is 2.33. The first-order valence-electron chi connectivity index (χ1n) is 35.2. The van der Waals surface area contributed by atoms with Gasteiger partial charge in [0.05, 0.1) is 23.7 Å². The molecule has 0 aliphatic heterocycles. The van der Waals surface area contributed by atoms with Gasteiger partial charge < -0.3 is 51.3 Å². The van der Waals surface area contributed by atoms with E-state index in [1.807, 2.05) is 36.9 Å². The van der Waals surface area contributed by atoms with Gasteiger partial charge in [0.1, 0.15) is 0 Å². The number of amides is 3. The van der Waals surface area contributed by atoms with Crippen molar-refractivity contribution in [3.63, 3.8) is 0 Å². The predicted octanol–water partition coefficient (Wildman–Crippen LogP) is 18.6. The Bertz CT molecular complexity index is 4070. The Morgan fingerprint density at radius 3 is 1.35 bits per heavy atom. The molecule has 4 fully saturated rings. The molecule has 8 aromatic rings. The zero-order valence-electron chi connectivity index (χ0n) is 60.1. The second kappa shape index (κ2) is 44.9. The number of hydrogen-bond acceptors (Lipinski definition) is 18. The number of aromatic nitrogens is 8. The van der Waals surface area contributed by atoms with Crippen LogP contribution in [0.25, 0.3) is 22.3 Å². The molecule has 12 rings (SSSR count). The van der Waals surface area contributed by atoms with Crippen LogP contribution < -0.4 is 37.2 Å². The van der Waals surface area contributed by atoms with E-state index in [4.69, 9.17) is 54.7 Å². The minimum absolute atomic E-state index is 0. The number of fused-ring (bicyclic) bond motifs is 2. The number of nitrogens with zero attached hydrogens (tertiary/aromatic N) is 10. The van der Waals surface area contributed by atoms with Crippen molar-refractivity contribution in [2.45, 2.75) is 204 Å². The van der Waals surface area contributed by atoms with Gasteiger partial charge in [0.25, 0.3) is 0 Å². The van der Waals surface area contributed by atoms with Crippen molar-refractivity contribution in [1.82, 2.24) is 54.6 Å². The number of anilines is 5. The lowest BCUT2D eigenvalue weighted by Crippen LogP contribution is -2.42. The molecule has 105 heavy (non-hydrogen) atoms. The van der Waals surface area contributed by atoms with E-state index in [2.05, 4.69) is 171 Å². The molecule has 4 aromatic carbocycles. The molecule has 0 atom stereocenters. The number of ketones is 2. The third-order valence-corrected chi connectivity index (χ3v) is 19.0. The van der Waals surface area contributed by atoms with Gasteiger partial charge in [-0.25, -0.2) is 19.6 Å². The minimum atomic E-state index is -0.265. The topological polar surface area (TPSA) is 289 Å². The van der Waals surface area contributed by atoms with Gasteiger partial charge in [0, 0.05) is 86.9 Å². The van der Waals surface area contributed by atoms with Crippen molar-refractivity contribution < 1.29 is 28.8 Å². The summed E-state index contributed by atoms with van der Waals surface area (Å²) in [4.78, 5) is 101. The quantitative estimate of drug-likeness (QED) is 0.0103. The van der Waals surface area contributed by atoms with E-state index >= 15 is 0 Å². The molecule has 0 saturated heterocycles. The summed E-state index contributed by atoms with van der Waals surface area (Å²) in [5, 5.41) is 23.2. The molecule has 4 aromatic heterocycles. The van der Waals surface area contributed by atoms with Crippen molar-refractivity contribution >= 4 is 159 Å². The highest BCUT2D eigenvalue weighted by Crippen LogP contribution is 2.33. The second-order valence-corrected chi connectivity index (χ2v) is 29.1. The van der Waals surface area contributed by atoms with Gasteiger partial charge in [-0.05, 0) is 209 Å². The highest BCUT2D eigenvalue weighted by atomic mass is 79.9. The monoisotopic (exact) mass is 1630 g/mol. The Morgan fingerprint density at radius 1 is 0.571 bits per heavy atom. The minimum Gasteiger partial charge on any atom is -0.364 e. The molecule has 568 valence electrons. The van der Waals surface area contributed by atoms with Crippen LogP contribution in [0.1, 0.15) is 198 Å². The number of alkyl halides is 2. The van der Waals surface area contributed by atoms with Crippen molar-refractivity contribution in [2.24, 2.45) is 16.8 Å². The van der Waals surface area contributed by atoms with Gasteiger partial charge in [0.15, 0.2) is 45.5 Å². The Morgan fingerprint density at radius 2 is 0.981 bits per heavy atom. The molecule has 3 amide bonds. The normalized spacial score (nSPS) is 16.3. The molecule has 0 spiro atoms. The van der Waals surface area contributed by atoms with Crippen molar-refractivity contribution in [2.75, 3.05) is 51.6 Å². The van der Waals surface area contributed by atoms with Crippen LogP contribution >= 0.6 is 66.7 Å². The van der Waals surface area contributed by atoms with Gasteiger partial charge in [-0.15, -0.1) is 23.2 Å². The summed E-state index contributed by atoms with van der Waals surface area (Å²) in [6, 6.07) is 30.9. The van der Waals surface area contributed by atoms with E-state index < -0.39 is 0 Å². The molecule has 0 unspecified atom stereocenters. The van der Waals surface area contributed by atoms with Crippen LogP contribution in [-0.4, -0.2) is 128 Å². The molecular weight excluding hydrogens is 1530 g/mol. The van der Waals surface area contributed by atoms with E-state index in [1.165, 1.54) is 45.1 Å². The van der Waals surface area contributed by atoms with E-state index in [0.717, 1.165) is 120 Å². The number of aliphatic imine (C=N–C) groups is 1. The number of Topliss-reactive ketones (excluding diaryl/α,β-unsaturated/α-hetero) is 2. The van der Waals surface area contributed by atoms with Gasteiger partial charge in [0.2, 0.25) is 29.1 Å². The van der Waals surface area contributed by atoms with E-state index in [9.17, 15) is 28.8 Å². The summed E-state index contributed by atoms with van der Waals surface area (Å²) < 4.78 is 6.23. The Kier molecular flexibility index (Phi) is 37.5. The number of benzene rings is 4. The lowest BCUT2D eigenvalue weighted by atomic mass is 9.91. The van der Waals surface area contributed by atoms with Crippen LogP contribution in [0.4, 0.5) is 39.7 Å². The van der Waals surface area contributed by atoms with Crippen LogP contribution in [-0.2, 0) is 27.5 Å². The Balaban J connectivity index is 0.000000274. The zero-order valence-corrected chi connectivity index (χ0v) is 65.5. The van der Waals surface area contributed by atoms with Crippen LogP contribution in [0, 0.1) is 11.8 Å². The zero-order chi connectivity index (χ0) is 74.5. The number of hydrogen-bond donors (Lipinski definition) is 7. The van der Waals surface area contributed by atoms with Gasteiger partial charge in [-0.1, -0.05) is 116 Å². The number of halogens is 5. The Labute approximate surface area is 650 Å². The largest absolute Gasteiger partial charge is 0.364 e. The number of urea groups is 1. The molecule has 4 saturated carbocycles. The fourth-order valence-corrected chi connectivity index (χ4v) is 12.1. The summed E-state index contributed by atoms with van der Waals surface area (Å²) in [5.41, 5.74) is 7.62. The third-order valence-electron chi connectivity index (χ3n) is 17.6. The summed E-state index contributed by atoms with van der Waals surface area (Å²) in [5.74, 6) is 3.28. The van der Waals surface area contributed by atoms with Crippen molar-refractivity contribution in [3.8, 4) is 0 Å². The molecule has 0 bridgehead atoms. The lowest BCUT2D eigenvalue weighted by molar-refractivity contribution is -0.123. The molecule has 28 heteroatoms. The number of carbonyl (C=O) groups excluding carboxylic acids is 6. The third kappa shape index (κ3) is 29.1. The van der Waals surface area contributed by atoms with E-state index in [0.29, 0.717) is 65.4 Å². The SMILES string of the molecule is C.C.CC(=O)c1cccc(N=C=O)c1.CC(=O)c1cccc(NC(=O)NC2CCC(Nc3nc(NCc4ccc(Br)cc4)c4ncn(C(C)C)c4n3)CC2)c1.CC(C)n1cnc2c(NCc3ccc(Br)cc3)nc(NC3CCC(NC(=O)C4CC4)CC3)nc21.CCN(CC)CC.ClCCl.O=C(Cl)C1CC1. The van der Waals surface area contributed by atoms with Crippen LogP contribution in [0.15, 0.2) is 124 Å². The molecule has 4 aliphatic carbocycles. The number of rotatable bonds is 23. The van der Waals surface area contributed by atoms with Crippen LogP contribution in [0.2, 0.25) is 0 Å². The van der Waals surface area contributed by atoms with Crippen LogP contribution in [0.3, 0.4) is 0 Å². The van der Waals surface area contributed by atoms with Gasteiger partial charge in [-0.3, -0.25) is 19.2 Å². The number of imidazole rings is 2. The average Bonchev–Trinajstić information content (AvgIpc) is 1.67. The summed E-state index contributed by atoms with van der Waals surface area (Å²) in [7, 11) is 0. The maximum Gasteiger partial charge on any atom is 0.319 e. The maximum atomic E-state index is 12.6. The molecule has 7 N–H and O–H groups in total. The predicted molar refractivity (Wildman–Crippen MR) is 434 cm³/mol. The average molecular weight is 1630 g/mol. The van der Waals surface area contributed by atoms with Gasteiger partial charge in [-0.2, -0.15) is 24.9 Å². The fourth-order valence-electron chi connectivity index (χ4n) is 11.3.